The normalized spacial score (nSPS) is 11.7. The Hall–Kier alpha value is -1.40. The summed E-state index contributed by atoms with van der Waals surface area (Å²) in [5, 5.41) is 2.73. The number of benzene rings is 1. The number of ketones is 1. The number of amides is 1. The fraction of sp³-hybridized carbons (Fsp3) is 0.429. The molecule has 1 aromatic rings. The summed E-state index contributed by atoms with van der Waals surface area (Å²) in [6, 6.07) is 8.74. The Bertz CT molecular complexity index is 424. The molecule has 0 aromatic heterocycles. The van der Waals surface area contributed by atoms with Crippen molar-refractivity contribution in [1.29, 1.82) is 0 Å². The number of hydrogen-bond acceptors (Lipinski definition) is 4. The van der Waals surface area contributed by atoms with Crippen LogP contribution in [-0.4, -0.2) is 37.0 Å². The van der Waals surface area contributed by atoms with Gasteiger partial charge in [-0.2, -0.15) is 0 Å². The van der Waals surface area contributed by atoms with E-state index in [0.717, 1.165) is 5.56 Å². The standard InChI is InChI=1S/C14H18BrNO4/c1-19-8-7-12(13(17)9-15)16-14(18)20-10-11-5-3-2-4-6-11/h2-6,12H,7-10H2,1H3,(H,16,18). The van der Waals surface area contributed by atoms with Crippen molar-refractivity contribution >= 4 is 27.8 Å². The number of nitrogens with one attached hydrogen (secondary N) is 1. The van der Waals surface area contributed by atoms with Crippen molar-refractivity contribution in [2.45, 2.75) is 19.1 Å². The fourth-order valence-electron chi connectivity index (χ4n) is 1.55. The lowest BCUT2D eigenvalue weighted by Crippen LogP contribution is -2.42. The van der Waals surface area contributed by atoms with Gasteiger partial charge in [-0.1, -0.05) is 46.3 Å². The zero-order valence-electron chi connectivity index (χ0n) is 11.3. The first-order valence-electron chi connectivity index (χ1n) is 6.22. The van der Waals surface area contributed by atoms with Crippen molar-refractivity contribution in [3.63, 3.8) is 0 Å². The molecule has 20 heavy (non-hydrogen) atoms. The molecular weight excluding hydrogens is 326 g/mol. The van der Waals surface area contributed by atoms with Gasteiger partial charge in [0.15, 0.2) is 5.78 Å². The summed E-state index contributed by atoms with van der Waals surface area (Å²) in [5.74, 6) is -0.112. The van der Waals surface area contributed by atoms with E-state index in [1.165, 1.54) is 0 Å². The van der Waals surface area contributed by atoms with Gasteiger partial charge in [0.05, 0.1) is 11.4 Å². The van der Waals surface area contributed by atoms with E-state index < -0.39 is 12.1 Å². The molecule has 1 aromatic carbocycles. The molecule has 0 saturated heterocycles. The smallest absolute Gasteiger partial charge is 0.408 e. The number of alkyl halides is 1. The first kappa shape index (κ1) is 16.7. The average molecular weight is 344 g/mol. The van der Waals surface area contributed by atoms with Crippen LogP contribution >= 0.6 is 15.9 Å². The minimum Gasteiger partial charge on any atom is -0.445 e. The summed E-state index contributed by atoms with van der Waals surface area (Å²) in [5.41, 5.74) is 0.892. The molecule has 0 radical (unpaired) electrons. The highest BCUT2D eigenvalue weighted by molar-refractivity contribution is 9.09. The maximum absolute atomic E-state index is 11.7. The van der Waals surface area contributed by atoms with Crippen LogP contribution in [-0.2, 0) is 20.9 Å². The predicted octanol–water partition coefficient (Wildman–Crippen LogP) is 2.28. The number of methoxy groups -OCH3 is 1. The maximum atomic E-state index is 11.7. The van der Waals surface area contributed by atoms with Crippen molar-refractivity contribution < 1.29 is 19.1 Å². The third kappa shape index (κ3) is 6.16. The number of hydrogen-bond donors (Lipinski definition) is 1. The van der Waals surface area contributed by atoms with Crippen LogP contribution in [0.15, 0.2) is 30.3 Å². The van der Waals surface area contributed by atoms with Crippen LogP contribution in [0.5, 0.6) is 0 Å². The van der Waals surface area contributed by atoms with E-state index >= 15 is 0 Å². The number of ether oxygens (including phenoxy) is 2. The summed E-state index contributed by atoms with van der Waals surface area (Å²) in [6.45, 7) is 0.564. The molecule has 110 valence electrons. The molecule has 0 bridgehead atoms. The van der Waals surface area contributed by atoms with Gasteiger partial charge in [0.2, 0.25) is 0 Å². The second-order valence-corrected chi connectivity index (χ2v) is 4.70. The van der Waals surface area contributed by atoms with Crippen LogP contribution in [0.3, 0.4) is 0 Å². The zero-order valence-corrected chi connectivity index (χ0v) is 12.9. The number of alkyl carbamates (subject to hydrolysis) is 1. The molecule has 1 N–H and O–H groups in total. The van der Waals surface area contributed by atoms with Crippen LogP contribution < -0.4 is 5.32 Å². The average Bonchev–Trinajstić information content (AvgIpc) is 2.49. The number of carbonyl (C=O) groups is 2. The van der Waals surface area contributed by atoms with E-state index in [-0.39, 0.29) is 17.7 Å². The second-order valence-electron chi connectivity index (χ2n) is 4.14. The minimum absolute atomic E-state index is 0.112. The Kier molecular flexibility index (Phi) is 7.91. The van der Waals surface area contributed by atoms with Crippen molar-refractivity contribution in [1.82, 2.24) is 5.32 Å². The van der Waals surface area contributed by atoms with Gasteiger partial charge in [-0.05, 0) is 12.0 Å². The molecule has 0 aliphatic rings. The molecule has 0 fully saturated rings. The highest BCUT2D eigenvalue weighted by atomic mass is 79.9. The zero-order chi connectivity index (χ0) is 14.8. The lowest BCUT2D eigenvalue weighted by molar-refractivity contribution is -0.118. The summed E-state index contributed by atoms with van der Waals surface area (Å²) in [4.78, 5) is 23.3. The Balaban J connectivity index is 2.43. The van der Waals surface area contributed by atoms with E-state index in [9.17, 15) is 9.59 Å². The van der Waals surface area contributed by atoms with Gasteiger partial charge < -0.3 is 14.8 Å². The fourth-order valence-corrected chi connectivity index (χ4v) is 1.94. The molecule has 1 rings (SSSR count). The molecule has 0 aliphatic heterocycles. The van der Waals surface area contributed by atoms with Crippen molar-refractivity contribution in [2.75, 3.05) is 19.0 Å². The Labute approximate surface area is 126 Å². The monoisotopic (exact) mass is 343 g/mol. The van der Waals surface area contributed by atoms with Gasteiger partial charge in [-0.3, -0.25) is 4.79 Å². The third-order valence-corrected chi connectivity index (χ3v) is 3.19. The Morgan fingerprint density at radius 1 is 1.30 bits per heavy atom. The number of halogens is 1. The summed E-state index contributed by atoms with van der Waals surface area (Å²) < 4.78 is 9.99. The molecule has 1 atom stereocenters. The summed E-state index contributed by atoms with van der Waals surface area (Å²) in [6.07, 6.45) is -0.189. The molecule has 0 aliphatic carbocycles. The van der Waals surface area contributed by atoms with Crippen LogP contribution in [0.1, 0.15) is 12.0 Å². The first-order chi connectivity index (χ1) is 9.67. The molecule has 0 heterocycles. The van der Waals surface area contributed by atoms with Crippen molar-refractivity contribution in [3.05, 3.63) is 35.9 Å². The molecular formula is C14H18BrNO4. The number of carbonyl (C=O) groups excluding carboxylic acids is 2. The SMILES string of the molecule is COCCC(NC(=O)OCc1ccccc1)C(=O)CBr. The molecule has 0 saturated carbocycles. The molecule has 1 unspecified atom stereocenters. The van der Waals surface area contributed by atoms with Gasteiger partial charge in [0.1, 0.15) is 6.61 Å². The minimum atomic E-state index is -0.607. The quantitative estimate of drug-likeness (QED) is 0.735. The number of Topliss-reactive ketones (excluding diaryl/α,β-unsaturated/α-hetero) is 1. The first-order valence-corrected chi connectivity index (χ1v) is 7.34. The van der Waals surface area contributed by atoms with Gasteiger partial charge in [-0.15, -0.1) is 0 Å². The highest BCUT2D eigenvalue weighted by Gasteiger charge is 2.20. The van der Waals surface area contributed by atoms with Crippen LogP contribution in [0.25, 0.3) is 0 Å². The lowest BCUT2D eigenvalue weighted by Gasteiger charge is -2.16. The third-order valence-electron chi connectivity index (χ3n) is 2.64. The largest absolute Gasteiger partial charge is 0.445 e. The predicted molar refractivity (Wildman–Crippen MR) is 78.8 cm³/mol. The van der Waals surface area contributed by atoms with Crippen LogP contribution in [0.4, 0.5) is 4.79 Å². The Morgan fingerprint density at radius 2 is 2.00 bits per heavy atom. The Morgan fingerprint density at radius 3 is 2.60 bits per heavy atom. The second kappa shape index (κ2) is 9.50. The van der Waals surface area contributed by atoms with E-state index in [1.807, 2.05) is 30.3 Å². The maximum Gasteiger partial charge on any atom is 0.408 e. The van der Waals surface area contributed by atoms with E-state index in [2.05, 4.69) is 21.2 Å². The molecule has 6 heteroatoms. The summed E-state index contributed by atoms with van der Waals surface area (Å²) in [7, 11) is 1.55. The van der Waals surface area contributed by atoms with Gasteiger partial charge in [0, 0.05) is 13.7 Å². The van der Waals surface area contributed by atoms with Crippen LogP contribution in [0.2, 0.25) is 0 Å². The van der Waals surface area contributed by atoms with Gasteiger partial charge >= 0.3 is 6.09 Å². The van der Waals surface area contributed by atoms with Gasteiger partial charge in [0.25, 0.3) is 0 Å². The highest BCUT2D eigenvalue weighted by Crippen LogP contribution is 2.02. The van der Waals surface area contributed by atoms with Crippen molar-refractivity contribution in [2.24, 2.45) is 0 Å². The van der Waals surface area contributed by atoms with E-state index in [1.54, 1.807) is 7.11 Å². The summed E-state index contributed by atoms with van der Waals surface area (Å²) >= 11 is 3.09. The lowest BCUT2D eigenvalue weighted by atomic mass is 10.1. The van der Waals surface area contributed by atoms with Crippen LogP contribution in [0, 0.1) is 0 Å². The van der Waals surface area contributed by atoms with Crippen molar-refractivity contribution in [3.8, 4) is 0 Å². The molecule has 1 amide bonds. The van der Waals surface area contributed by atoms with E-state index in [4.69, 9.17) is 9.47 Å². The topological polar surface area (TPSA) is 64.6 Å². The molecule has 5 nitrogen and oxygen atoms in total. The van der Waals surface area contributed by atoms with Gasteiger partial charge in [-0.25, -0.2) is 4.79 Å². The number of rotatable bonds is 8. The van der Waals surface area contributed by atoms with E-state index in [0.29, 0.717) is 13.0 Å². The molecule has 0 spiro atoms.